The summed E-state index contributed by atoms with van der Waals surface area (Å²) in [5, 5.41) is 12.6. The Labute approximate surface area is 110 Å². The Kier molecular flexibility index (Phi) is 7.43. The van der Waals surface area contributed by atoms with Crippen molar-refractivity contribution in [3.63, 3.8) is 0 Å². The zero-order chi connectivity index (χ0) is 14.3. The van der Waals surface area contributed by atoms with E-state index in [2.05, 4.69) is 5.32 Å². The van der Waals surface area contributed by atoms with Gasteiger partial charge in [-0.25, -0.2) is 0 Å². The van der Waals surface area contributed by atoms with Crippen molar-refractivity contribution in [1.29, 1.82) is 0 Å². The number of carbonyl (C=O) groups is 1. The first-order chi connectivity index (χ1) is 8.10. The molecule has 0 bridgehead atoms. The number of aliphatic hydroxyl groups excluding tert-OH is 1. The predicted molar refractivity (Wildman–Crippen MR) is 72.5 cm³/mol. The van der Waals surface area contributed by atoms with E-state index >= 15 is 0 Å². The zero-order valence-electron chi connectivity index (χ0n) is 12.5. The molecule has 0 fully saturated rings. The molecular formula is C13H28N2O3. The standard InChI is InChI=1S/C13H28N2O3/c1-10(2)18-9-11(16)7-15(6)8-12(17)14-13(3,4)5/h10-11,16H,7-9H2,1-6H3,(H,14,17)/t11-/m0/s1. The van der Waals surface area contributed by atoms with Crippen molar-refractivity contribution in [3.05, 3.63) is 0 Å². The van der Waals surface area contributed by atoms with Crippen LogP contribution in [-0.2, 0) is 9.53 Å². The Hall–Kier alpha value is -0.650. The highest BCUT2D eigenvalue weighted by Crippen LogP contribution is 1.99. The summed E-state index contributed by atoms with van der Waals surface area (Å²) in [4.78, 5) is 13.4. The maximum absolute atomic E-state index is 11.7. The molecule has 0 aromatic carbocycles. The number of hydrogen-bond acceptors (Lipinski definition) is 4. The van der Waals surface area contributed by atoms with E-state index in [4.69, 9.17) is 4.74 Å². The van der Waals surface area contributed by atoms with E-state index in [-0.39, 0.29) is 24.1 Å². The minimum Gasteiger partial charge on any atom is -0.389 e. The number of hydrogen-bond donors (Lipinski definition) is 2. The smallest absolute Gasteiger partial charge is 0.234 e. The van der Waals surface area contributed by atoms with Crippen LogP contribution < -0.4 is 5.32 Å². The summed E-state index contributed by atoms with van der Waals surface area (Å²) in [6.45, 7) is 10.7. The molecule has 0 rings (SSSR count). The number of carbonyl (C=O) groups excluding carboxylic acids is 1. The van der Waals surface area contributed by atoms with Crippen LogP contribution in [0.3, 0.4) is 0 Å². The molecule has 1 atom stereocenters. The molecule has 0 aliphatic carbocycles. The van der Waals surface area contributed by atoms with Crippen LogP contribution in [0, 0.1) is 0 Å². The first-order valence-corrected chi connectivity index (χ1v) is 6.39. The Bertz CT molecular complexity index is 249. The summed E-state index contributed by atoms with van der Waals surface area (Å²) < 4.78 is 5.31. The monoisotopic (exact) mass is 260 g/mol. The van der Waals surface area contributed by atoms with Gasteiger partial charge in [-0.3, -0.25) is 9.69 Å². The van der Waals surface area contributed by atoms with Crippen molar-refractivity contribution in [2.45, 2.75) is 52.4 Å². The lowest BCUT2D eigenvalue weighted by molar-refractivity contribution is -0.123. The van der Waals surface area contributed by atoms with Crippen LogP contribution in [0.5, 0.6) is 0 Å². The van der Waals surface area contributed by atoms with Crippen LogP contribution in [0.15, 0.2) is 0 Å². The molecule has 0 aliphatic rings. The average molecular weight is 260 g/mol. The molecular weight excluding hydrogens is 232 g/mol. The van der Waals surface area contributed by atoms with Gasteiger partial charge in [-0.2, -0.15) is 0 Å². The van der Waals surface area contributed by atoms with Crippen molar-refractivity contribution in [3.8, 4) is 0 Å². The highest BCUT2D eigenvalue weighted by Gasteiger charge is 2.16. The van der Waals surface area contributed by atoms with Crippen molar-refractivity contribution in [2.24, 2.45) is 0 Å². The van der Waals surface area contributed by atoms with Gasteiger partial charge in [0.05, 0.1) is 25.4 Å². The third kappa shape index (κ3) is 10.5. The fraction of sp³-hybridized carbons (Fsp3) is 0.923. The van der Waals surface area contributed by atoms with E-state index in [1.165, 1.54) is 0 Å². The van der Waals surface area contributed by atoms with Crippen molar-refractivity contribution >= 4 is 5.91 Å². The van der Waals surface area contributed by atoms with Crippen LogP contribution in [0.1, 0.15) is 34.6 Å². The van der Waals surface area contributed by atoms with Gasteiger partial charge in [-0.1, -0.05) is 0 Å². The number of aliphatic hydroxyl groups is 1. The summed E-state index contributed by atoms with van der Waals surface area (Å²) >= 11 is 0. The lowest BCUT2D eigenvalue weighted by Crippen LogP contribution is -2.46. The van der Waals surface area contributed by atoms with Gasteiger partial charge in [0.15, 0.2) is 0 Å². The summed E-state index contributed by atoms with van der Waals surface area (Å²) in [5.74, 6) is -0.0398. The topological polar surface area (TPSA) is 61.8 Å². The summed E-state index contributed by atoms with van der Waals surface area (Å²) in [6.07, 6.45) is -0.464. The van der Waals surface area contributed by atoms with Crippen LogP contribution in [0.4, 0.5) is 0 Å². The fourth-order valence-electron chi connectivity index (χ4n) is 1.48. The summed E-state index contributed by atoms with van der Waals surface area (Å²) in [6, 6.07) is 0. The SMILES string of the molecule is CC(C)OC[C@@H](O)CN(C)CC(=O)NC(C)(C)C. The highest BCUT2D eigenvalue weighted by atomic mass is 16.5. The van der Waals surface area contributed by atoms with Crippen LogP contribution in [0.25, 0.3) is 0 Å². The summed E-state index contributed by atoms with van der Waals surface area (Å²) in [7, 11) is 1.81. The lowest BCUT2D eigenvalue weighted by Gasteiger charge is -2.24. The molecule has 0 unspecified atom stereocenters. The van der Waals surface area contributed by atoms with Gasteiger partial charge in [0.25, 0.3) is 0 Å². The van der Waals surface area contributed by atoms with Crippen LogP contribution >= 0.6 is 0 Å². The fourth-order valence-corrected chi connectivity index (χ4v) is 1.48. The van der Waals surface area contributed by atoms with E-state index in [0.717, 1.165) is 0 Å². The largest absolute Gasteiger partial charge is 0.389 e. The molecule has 0 aromatic rings. The zero-order valence-corrected chi connectivity index (χ0v) is 12.5. The molecule has 18 heavy (non-hydrogen) atoms. The van der Waals surface area contributed by atoms with Crippen molar-refractivity contribution in [2.75, 3.05) is 26.7 Å². The maximum Gasteiger partial charge on any atom is 0.234 e. The first-order valence-electron chi connectivity index (χ1n) is 6.39. The summed E-state index contributed by atoms with van der Waals surface area (Å²) in [5.41, 5.74) is -0.225. The van der Waals surface area contributed by atoms with E-state index < -0.39 is 6.10 Å². The number of rotatable bonds is 7. The molecule has 0 aliphatic heterocycles. The number of nitrogens with zero attached hydrogens (tertiary/aromatic N) is 1. The average Bonchev–Trinajstić information content (AvgIpc) is 2.10. The van der Waals surface area contributed by atoms with Crippen molar-refractivity contribution in [1.82, 2.24) is 10.2 Å². The maximum atomic E-state index is 11.7. The third-order valence-electron chi connectivity index (χ3n) is 2.07. The minimum absolute atomic E-state index is 0.0398. The van der Waals surface area contributed by atoms with Gasteiger partial charge in [-0.05, 0) is 41.7 Å². The quantitative estimate of drug-likeness (QED) is 0.704. The second kappa shape index (κ2) is 7.71. The number of nitrogens with one attached hydrogen (secondary N) is 1. The molecule has 0 saturated carbocycles. The molecule has 0 saturated heterocycles. The van der Waals surface area contributed by atoms with Gasteiger partial charge in [0, 0.05) is 12.1 Å². The van der Waals surface area contributed by atoms with E-state index in [9.17, 15) is 9.90 Å². The molecule has 0 aromatic heterocycles. The normalized spacial score (nSPS) is 14.1. The lowest BCUT2D eigenvalue weighted by atomic mass is 10.1. The molecule has 0 heterocycles. The Morgan fingerprint density at radius 1 is 1.39 bits per heavy atom. The molecule has 1 amide bonds. The number of likely N-dealkylation sites (N-methyl/N-ethyl adjacent to an activating group) is 1. The van der Waals surface area contributed by atoms with Crippen LogP contribution in [-0.4, -0.2) is 60.4 Å². The molecule has 108 valence electrons. The van der Waals surface area contributed by atoms with E-state index in [1.54, 1.807) is 11.9 Å². The van der Waals surface area contributed by atoms with Gasteiger partial charge < -0.3 is 15.2 Å². The second-order valence-electron chi connectivity index (χ2n) is 6.03. The van der Waals surface area contributed by atoms with Gasteiger partial charge >= 0.3 is 0 Å². The predicted octanol–water partition coefficient (Wildman–Crippen LogP) is 0.619. The first kappa shape index (κ1) is 17.4. The Balaban J connectivity index is 3.89. The highest BCUT2D eigenvalue weighted by molar-refractivity contribution is 5.78. The number of ether oxygens (including phenoxy) is 1. The minimum atomic E-state index is -0.570. The Morgan fingerprint density at radius 2 is 1.94 bits per heavy atom. The van der Waals surface area contributed by atoms with Gasteiger partial charge in [0.2, 0.25) is 5.91 Å². The molecule has 0 radical (unpaired) electrons. The molecule has 5 heteroatoms. The molecule has 2 N–H and O–H groups in total. The van der Waals surface area contributed by atoms with Crippen LogP contribution in [0.2, 0.25) is 0 Å². The second-order valence-corrected chi connectivity index (χ2v) is 6.03. The Morgan fingerprint density at radius 3 is 2.39 bits per heavy atom. The molecule has 5 nitrogen and oxygen atoms in total. The van der Waals surface area contributed by atoms with Crippen molar-refractivity contribution < 1.29 is 14.6 Å². The third-order valence-corrected chi connectivity index (χ3v) is 2.07. The van der Waals surface area contributed by atoms with Gasteiger partial charge in [-0.15, -0.1) is 0 Å². The van der Waals surface area contributed by atoms with E-state index in [0.29, 0.717) is 13.2 Å². The number of amides is 1. The van der Waals surface area contributed by atoms with Gasteiger partial charge in [0.1, 0.15) is 0 Å². The molecule has 0 spiro atoms. The van der Waals surface area contributed by atoms with E-state index in [1.807, 2.05) is 34.6 Å².